The summed E-state index contributed by atoms with van der Waals surface area (Å²) in [5.74, 6) is 0.00710. The minimum atomic E-state index is -3.54. The molecule has 0 bridgehead atoms. The van der Waals surface area contributed by atoms with Crippen LogP contribution in [0, 0.1) is 0 Å². The van der Waals surface area contributed by atoms with Crippen LogP contribution in [0.25, 0.3) is 0 Å². The van der Waals surface area contributed by atoms with E-state index in [0.717, 1.165) is 16.2 Å². The standard InChI is InChI=1S/C20H24N2O6S2/c1-14(23)16-4-3-5-17(12-16)28-15(2)20(24)21-13-18-6-7-19(29-18)30(25,26)22-8-10-27-11-9-22/h3-7,12,15H,8-11,13H2,1-2H3,(H,21,24). The Labute approximate surface area is 179 Å². The molecule has 1 aromatic carbocycles. The van der Waals surface area contributed by atoms with Gasteiger partial charge < -0.3 is 14.8 Å². The van der Waals surface area contributed by atoms with E-state index in [9.17, 15) is 18.0 Å². The summed E-state index contributed by atoms with van der Waals surface area (Å²) in [6, 6.07) is 9.90. The first-order valence-electron chi connectivity index (χ1n) is 9.49. The summed E-state index contributed by atoms with van der Waals surface area (Å²) < 4.78 is 37.8. The number of amides is 1. The Bertz CT molecular complexity index is 1010. The van der Waals surface area contributed by atoms with Crippen LogP contribution in [0.4, 0.5) is 0 Å². The quantitative estimate of drug-likeness (QED) is 0.615. The van der Waals surface area contributed by atoms with Crippen LogP contribution in [0.2, 0.25) is 0 Å². The van der Waals surface area contributed by atoms with E-state index in [4.69, 9.17) is 9.47 Å². The van der Waals surface area contributed by atoms with E-state index in [2.05, 4.69) is 5.32 Å². The third-order valence-electron chi connectivity index (χ3n) is 4.56. The third kappa shape index (κ3) is 5.45. The van der Waals surface area contributed by atoms with Crippen molar-refractivity contribution in [1.29, 1.82) is 0 Å². The highest BCUT2D eigenvalue weighted by Crippen LogP contribution is 2.25. The van der Waals surface area contributed by atoms with Crippen LogP contribution in [-0.4, -0.2) is 56.8 Å². The van der Waals surface area contributed by atoms with E-state index in [1.54, 1.807) is 43.3 Å². The van der Waals surface area contributed by atoms with Crippen molar-refractivity contribution in [3.63, 3.8) is 0 Å². The molecule has 0 spiro atoms. The van der Waals surface area contributed by atoms with Crippen molar-refractivity contribution in [2.24, 2.45) is 0 Å². The largest absolute Gasteiger partial charge is 0.481 e. The lowest BCUT2D eigenvalue weighted by Gasteiger charge is -2.25. The number of carbonyl (C=O) groups is 2. The van der Waals surface area contributed by atoms with Crippen molar-refractivity contribution in [3.8, 4) is 5.75 Å². The lowest BCUT2D eigenvalue weighted by Crippen LogP contribution is -2.40. The molecule has 0 saturated carbocycles. The van der Waals surface area contributed by atoms with Gasteiger partial charge in [-0.15, -0.1) is 11.3 Å². The zero-order chi connectivity index (χ0) is 21.7. The highest BCUT2D eigenvalue weighted by Gasteiger charge is 2.27. The van der Waals surface area contributed by atoms with E-state index in [-0.39, 0.29) is 22.4 Å². The lowest BCUT2D eigenvalue weighted by molar-refractivity contribution is -0.127. The van der Waals surface area contributed by atoms with Crippen molar-refractivity contribution in [2.75, 3.05) is 26.3 Å². The molecule has 10 heteroatoms. The molecule has 1 aliphatic rings. The first-order chi connectivity index (χ1) is 14.3. The van der Waals surface area contributed by atoms with Gasteiger partial charge in [-0.2, -0.15) is 4.31 Å². The summed E-state index contributed by atoms with van der Waals surface area (Å²) in [7, 11) is -3.54. The molecule has 1 saturated heterocycles. The van der Waals surface area contributed by atoms with E-state index >= 15 is 0 Å². The maximum Gasteiger partial charge on any atom is 0.261 e. The minimum absolute atomic E-state index is 0.0851. The molecule has 1 aliphatic heterocycles. The lowest BCUT2D eigenvalue weighted by atomic mass is 10.1. The van der Waals surface area contributed by atoms with Gasteiger partial charge in [0.2, 0.25) is 0 Å². The van der Waals surface area contributed by atoms with Crippen LogP contribution in [0.15, 0.2) is 40.6 Å². The Morgan fingerprint density at radius 1 is 1.23 bits per heavy atom. The van der Waals surface area contributed by atoms with Crippen molar-refractivity contribution >= 4 is 33.1 Å². The van der Waals surface area contributed by atoms with Gasteiger partial charge in [-0.25, -0.2) is 8.42 Å². The highest BCUT2D eigenvalue weighted by atomic mass is 32.2. The molecule has 8 nitrogen and oxygen atoms in total. The van der Waals surface area contributed by atoms with E-state index < -0.39 is 16.1 Å². The van der Waals surface area contributed by atoms with Crippen LogP contribution < -0.4 is 10.1 Å². The van der Waals surface area contributed by atoms with Gasteiger partial charge in [0.1, 0.15) is 9.96 Å². The summed E-state index contributed by atoms with van der Waals surface area (Å²) in [5.41, 5.74) is 0.507. The summed E-state index contributed by atoms with van der Waals surface area (Å²) in [6.07, 6.45) is -0.774. The number of ketones is 1. The normalized spacial score (nSPS) is 16.1. The summed E-state index contributed by atoms with van der Waals surface area (Å²) >= 11 is 1.13. The first-order valence-corrected chi connectivity index (χ1v) is 11.7. The van der Waals surface area contributed by atoms with Crippen molar-refractivity contribution in [2.45, 2.75) is 30.7 Å². The molecule has 0 radical (unpaired) electrons. The number of nitrogens with one attached hydrogen (secondary N) is 1. The number of hydrogen-bond acceptors (Lipinski definition) is 7. The topological polar surface area (TPSA) is 102 Å². The average Bonchev–Trinajstić information content (AvgIpc) is 3.22. The number of morpholine rings is 1. The zero-order valence-electron chi connectivity index (χ0n) is 16.8. The number of thiophene rings is 1. The minimum Gasteiger partial charge on any atom is -0.481 e. The van der Waals surface area contributed by atoms with E-state index in [1.807, 2.05) is 0 Å². The predicted octanol–water partition coefficient (Wildman–Crippen LogP) is 2.06. The molecule has 1 amide bonds. The van der Waals surface area contributed by atoms with Crippen molar-refractivity contribution in [1.82, 2.24) is 9.62 Å². The molecular formula is C20H24N2O6S2. The van der Waals surface area contributed by atoms with E-state index in [0.29, 0.717) is 37.6 Å². The molecule has 3 rings (SSSR count). The Balaban J connectivity index is 1.56. The first kappa shape index (κ1) is 22.4. The number of benzene rings is 1. The molecule has 162 valence electrons. The molecule has 1 atom stereocenters. The molecule has 30 heavy (non-hydrogen) atoms. The maximum atomic E-state index is 12.7. The number of nitrogens with zero attached hydrogens (tertiary/aromatic N) is 1. The van der Waals surface area contributed by atoms with Gasteiger partial charge >= 0.3 is 0 Å². The van der Waals surface area contributed by atoms with Gasteiger partial charge in [-0.05, 0) is 38.1 Å². The second-order valence-corrected chi connectivity index (χ2v) is 10.1. The van der Waals surface area contributed by atoms with Crippen LogP contribution in [0.1, 0.15) is 29.1 Å². The van der Waals surface area contributed by atoms with Gasteiger partial charge in [0.15, 0.2) is 11.9 Å². The Morgan fingerprint density at radius 2 is 1.97 bits per heavy atom. The molecular weight excluding hydrogens is 428 g/mol. The van der Waals surface area contributed by atoms with Gasteiger partial charge in [0.05, 0.1) is 19.8 Å². The Morgan fingerprint density at radius 3 is 2.67 bits per heavy atom. The van der Waals surface area contributed by atoms with E-state index in [1.165, 1.54) is 11.2 Å². The smallest absolute Gasteiger partial charge is 0.261 e. The number of sulfonamides is 1. The number of Topliss-reactive ketones (excluding diaryl/α,β-unsaturated/α-hetero) is 1. The van der Waals surface area contributed by atoms with Gasteiger partial charge in [-0.3, -0.25) is 9.59 Å². The molecule has 1 N–H and O–H groups in total. The van der Waals surface area contributed by atoms with Crippen LogP contribution in [0.5, 0.6) is 5.75 Å². The molecule has 1 fully saturated rings. The molecule has 2 heterocycles. The Kier molecular flexibility index (Phi) is 7.24. The second kappa shape index (κ2) is 9.69. The van der Waals surface area contributed by atoms with Gasteiger partial charge in [0.25, 0.3) is 15.9 Å². The zero-order valence-corrected chi connectivity index (χ0v) is 18.4. The highest BCUT2D eigenvalue weighted by molar-refractivity contribution is 7.91. The third-order valence-corrected chi connectivity index (χ3v) is 8.01. The molecule has 1 unspecified atom stereocenters. The van der Waals surface area contributed by atoms with Crippen LogP contribution >= 0.6 is 11.3 Å². The number of rotatable bonds is 8. The fourth-order valence-electron chi connectivity index (χ4n) is 2.87. The molecule has 2 aromatic rings. The van der Waals surface area contributed by atoms with Crippen molar-refractivity contribution < 1.29 is 27.5 Å². The number of hydrogen-bond donors (Lipinski definition) is 1. The summed E-state index contributed by atoms with van der Waals surface area (Å²) in [5, 5.41) is 2.75. The predicted molar refractivity (Wildman–Crippen MR) is 112 cm³/mol. The second-order valence-electron chi connectivity index (χ2n) is 6.80. The average molecular weight is 453 g/mol. The fraction of sp³-hybridized carbons (Fsp3) is 0.400. The summed E-state index contributed by atoms with van der Waals surface area (Å²) in [4.78, 5) is 24.5. The summed E-state index contributed by atoms with van der Waals surface area (Å²) in [6.45, 7) is 4.73. The Hall–Kier alpha value is -2.27. The molecule has 0 aliphatic carbocycles. The number of carbonyl (C=O) groups excluding carboxylic acids is 2. The molecule has 1 aromatic heterocycles. The monoisotopic (exact) mass is 452 g/mol. The van der Waals surface area contributed by atoms with Crippen LogP contribution in [0.3, 0.4) is 0 Å². The number of ether oxygens (including phenoxy) is 2. The fourth-order valence-corrected chi connectivity index (χ4v) is 5.73. The van der Waals surface area contributed by atoms with Gasteiger partial charge in [-0.1, -0.05) is 12.1 Å². The maximum absolute atomic E-state index is 12.7. The van der Waals surface area contributed by atoms with Crippen molar-refractivity contribution in [3.05, 3.63) is 46.8 Å². The van der Waals surface area contributed by atoms with Crippen LogP contribution in [-0.2, 0) is 26.1 Å². The SMILES string of the molecule is CC(=O)c1cccc(OC(C)C(=O)NCc2ccc(S(=O)(=O)N3CCOCC3)s2)c1. The van der Waals surface area contributed by atoms with Gasteiger partial charge in [0, 0.05) is 23.5 Å².